The Kier molecular flexibility index (Phi) is 17.9. The molecule has 11 nitrogen and oxygen atoms in total. The Balaban J connectivity index is 0.000000255. The van der Waals surface area contributed by atoms with Crippen molar-refractivity contribution in [1.29, 1.82) is 5.41 Å². The Labute approximate surface area is 422 Å². The van der Waals surface area contributed by atoms with Gasteiger partial charge in [0.15, 0.2) is 17.7 Å². The summed E-state index contributed by atoms with van der Waals surface area (Å²) in [4.78, 5) is 48.2. The highest BCUT2D eigenvalue weighted by Gasteiger charge is 2.51. The van der Waals surface area contributed by atoms with Crippen molar-refractivity contribution in [3.05, 3.63) is 115 Å². The molecule has 9 rings (SSSR count). The largest absolute Gasteiger partial charge is 0.385 e. The number of nitrogens with zero attached hydrogens (tertiary/aromatic N) is 5. The first-order valence-corrected chi connectivity index (χ1v) is 26.0. The van der Waals surface area contributed by atoms with E-state index in [9.17, 15) is 31.9 Å². The lowest BCUT2D eigenvalue weighted by Crippen LogP contribution is -2.31. The molecule has 3 fully saturated rings. The highest BCUT2D eigenvalue weighted by molar-refractivity contribution is 6.76. The molecule has 2 aromatic carbocycles. The van der Waals surface area contributed by atoms with Crippen molar-refractivity contribution in [1.82, 2.24) is 29.5 Å². The number of aromatic nitrogens is 5. The van der Waals surface area contributed by atoms with Crippen molar-refractivity contribution in [2.24, 2.45) is 11.8 Å². The Morgan fingerprint density at radius 2 is 1.72 bits per heavy atom. The van der Waals surface area contributed by atoms with Gasteiger partial charge in [0.2, 0.25) is 5.92 Å². The third kappa shape index (κ3) is 12.5. The first-order valence-electron chi connectivity index (χ1n) is 26.0. The normalized spacial score (nSPS) is 18.1. The number of ether oxygens (including phenoxy) is 1. The van der Waals surface area contributed by atoms with Crippen LogP contribution in [-0.2, 0) is 35.3 Å². The Bertz CT molecular complexity index is 2810. The van der Waals surface area contributed by atoms with E-state index in [2.05, 4.69) is 12.2 Å². The van der Waals surface area contributed by atoms with Crippen LogP contribution in [0.5, 0.6) is 0 Å². The topological polar surface area (TPSA) is 145 Å². The van der Waals surface area contributed by atoms with Crippen molar-refractivity contribution in [3.63, 3.8) is 0 Å². The standard InChI is InChI=1S/C36H39BF4N5O2.C13H16N2O.C7H16O/c1-6-22-7-8-29(20(4)30(22)32(42)37-43-5)46-34(27(19(2)3)15-21-13-25(38)17-26(39)14-21)45-33-31(35(46)48)24(18-47)16-28(44-33)23-9-11-36(40,41)12-10-23;1-7(16)6-15-11-5-9-4-10(9)12(11)13(14-15)8-2-3-8;1-3-4-5-6-7-8-2/h7-8,13-14,16-19,23,27,42-43H,6,9-12,15H2,1-5H3;8-10H,2-6H2,1H3;3-7H2,1-2H3. The van der Waals surface area contributed by atoms with Gasteiger partial charge in [-0.1, -0.05) is 53.0 Å². The quantitative estimate of drug-likeness (QED) is 0.0274. The fourth-order valence-electron chi connectivity index (χ4n) is 10.8. The number of pyridine rings is 1. The van der Waals surface area contributed by atoms with E-state index in [1.807, 2.05) is 38.4 Å². The van der Waals surface area contributed by atoms with Gasteiger partial charge in [0.1, 0.15) is 17.5 Å². The highest BCUT2D eigenvalue weighted by atomic mass is 19.3. The summed E-state index contributed by atoms with van der Waals surface area (Å²) in [5, 5.41) is 16.3. The van der Waals surface area contributed by atoms with Gasteiger partial charge in [-0.25, -0.2) is 27.5 Å². The second kappa shape index (κ2) is 23.7. The fourth-order valence-corrected chi connectivity index (χ4v) is 10.8. The highest BCUT2D eigenvalue weighted by Crippen LogP contribution is 2.60. The molecule has 3 heterocycles. The number of carbonyl (C=O) groups is 2. The van der Waals surface area contributed by atoms with Crippen LogP contribution in [0.25, 0.3) is 16.7 Å². The van der Waals surface area contributed by atoms with Crippen LogP contribution >= 0.6 is 0 Å². The van der Waals surface area contributed by atoms with Gasteiger partial charge >= 0.3 is 0 Å². The number of aldehydes is 1. The Morgan fingerprint density at radius 1 is 1.01 bits per heavy atom. The van der Waals surface area contributed by atoms with Crippen molar-refractivity contribution in [3.8, 4) is 5.69 Å². The van der Waals surface area contributed by atoms with Gasteiger partial charge in [-0.15, -0.1) is 0 Å². The van der Waals surface area contributed by atoms with Gasteiger partial charge < -0.3 is 15.4 Å². The summed E-state index contributed by atoms with van der Waals surface area (Å²) in [6, 6.07) is 8.42. The molecule has 2 N–H and O–H groups in total. The lowest BCUT2D eigenvalue weighted by molar-refractivity contribution is -0.117. The van der Waals surface area contributed by atoms with Gasteiger partial charge in [-0.3, -0.25) is 23.6 Å². The third-order valence-electron chi connectivity index (χ3n) is 14.8. The first kappa shape index (κ1) is 54.4. The molecule has 0 aliphatic heterocycles. The zero-order valence-corrected chi connectivity index (χ0v) is 43.3. The average molecular weight is 993 g/mol. The zero-order valence-electron chi connectivity index (χ0n) is 43.3. The molecule has 0 saturated heterocycles. The van der Waals surface area contributed by atoms with E-state index >= 15 is 0 Å². The smallest absolute Gasteiger partial charge is 0.270 e. The third-order valence-corrected chi connectivity index (χ3v) is 14.8. The number of benzene rings is 2. The predicted octanol–water partition coefficient (Wildman–Crippen LogP) is 11.4. The van der Waals surface area contributed by atoms with E-state index in [-0.39, 0.29) is 77.8 Å². The molecule has 1 radical (unpaired) electrons. The summed E-state index contributed by atoms with van der Waals surface area (Å²) in [6.45, 7) is 12.9. The van der Waals surface area contributed by atoms with Crippen LogP contribution in [0.1, 0.15) is 190 Å². The maximum absolute atomic E-state index is 14.7. The molecule has 3 aromatic heterocycles. The second-order valence-corrected chi connectivity index (χ2v) is 20.7. The minimum Gasteiger partial charge on any atom is -0.385 e. The molecule has 0 bridgehead atoms. The number of carbonyl (C=O) groups excluding carboxylic acids is 2. The number of methoxy groups -OCH3 is 1. The summed E-state index contributed by atoms with van der Waals surface area (Å²) in [5.74, 6) is -2.39. The lowest BCUT2D eigenvalue weighted by Gasteiger charge is -2.28. The summed E-state index contributed by atoms with van der Waals surface area (Å²) in [5.41, 5.74) is 7.39. The summed E-state index contributed by atoms with van der Waals surface area (Å²) < 4.78 is 65.0. The molecular weight excluding hydrogens is 921 g/mol. The van der Waals surface area contributed by atoms with Crippen molar-refractivity contribution in [2.75, 3.05) is 20.8 Å². The molecule has 3 atom stereocenters. The maximum atomic E-state index is 14.7. The number of fused-ring (bicyclic) bond motifs is 4. The molecule has 72 heavy (non-hydrogen) atoms. The van der Waals surface area contributed by atoms with Crippen LogP contribution in [0.3, 0.4) is 0 Å². The van der Waals surface area contributed by atoms with Gasteiger partial charge in [-0.2, -0.15) is 5.10 Å². The summed E-state index contributed by atoms with van der Waals surface area (Å²) in [7, 11) is 5.00. The summed E-state index contributed by atoms with van der Waals surface area (Å²) >= 11 is 0. The monoisotopic (exact) mass is 993 g/mol. The molecule has 0 spiro atoms. The van der Waals surface area contributed by atoms with Crippen LogP contribution in [0.2, 0.25) is 0 Å². The first-order chi connectivity index (χ1) is 34.4. The van der Waals surface area contributed by atoms with Crippen LogP contribution < -0.4 is 10.8 Å². The second-order valence-electron chi connectivity index (χ2n) is 20.7. The van der Waals surface area contributed by atoms with E-state index in [0.29, 0.717) is 47.3 Å². The van der Waals surface area contributed by atoms with Crippen molar-refractivity contribution in [2.45, 2.75) is 168 Å². The van der Waals surface area contributed by atoms with Gasteiger partial charge in [0, 0.05) is 78.5 Å². The zero-order chi connectivity index (χ0) is 52.0. The van der Waals surface area contributed by atoms with Gasteiger partial charge in [0.25, 0.3) is 13.0 Å². The van der Waals surface area contributed by atoms with Crippen LogP contribution in [0, 0.1) is 35.8 Å². The van der Waals surface area contributed by atoms with E-state index in [1.54, 1.807) is 40.1 Å². The van der Waals surface area contributed by atoms with E-state index in [1.165, 1.54) is 85.5 Å². The number of unbranched alkanes of at least 4 members (excludes halogenated alkanes) is 3. The summed E-state index contributed by atoms with van der Waals surface area (Å²) in [6.07, 6.45) is 11.4. The van der Waals surface area contributed by atoms with E-state index < -0.39 is 29.0 Å². The molecule has 0 amide bonds. The molecule has 4 aliphatic carbocycles. The lowest BCUT2D eigenvalue weighted by atomic mass is 9.77. The van der Waals surface area contributed by atoms with Crippen molar-refractivity contribution >= 4 is 36.1 Å². The number of Topliss-reactive ketones (excluding diaryl/α,β-unsaturated/α-hetero) is 1. The molecule has 5 aromatic rings. The molecule has 385 valence electrons. The number of aryl methyl sites for hydroxylation is 1. The Morgan fingerprint density at radius 3 is 2.32 bits per heavy atom. The minimum absolute atomic E-state index is 0.0126. The van der Waals surface area contributed by atoms with Gasteiger partial charge in [0.05, 0.1) is 23.3 Å². The predicted molar refractivity (Wildman–Crippen MR) is 276 cm³/mol. The van der Waals surface area contributed by atoms with E-state index in [4.69, 9.17) is 25.2 Å². The van der Waals surface area contributed by atoms with Crippen molar-refractivity contribution < 1.29 is 31.9 Å². The minimum atomic E-state index is -2.76. The number of nitrogens with one attached hydrogen (secondary N) is 2. The molecule has 3 unspecified atom stereocenters. The number of alkyl halides is 2. The molecule has 16 heteroatoms. The number of ketones is 1. The van der Waals surface area contributed by atoms with E-state index in [0.717, 1.165) is 36.0 Å². The SMILES string of the molecule is CC(=O)Cn1nc(C2CC2)c2c1CC1CC21.CCCCCCOC.CCc1ccc(-n2c(C(Cc3cc(F)cc(F)c3)C(C)C)nc3nc(C4CCC(F)(F)CC4)cc(C=O)c3c2=O)c(C)c1C(=N)[B]NC. The number of rotatable bonds is 19. The number of hydrogen-bond donors (Lipinski definition) is 2. The number of halogens is 4. The molecular formula is C56H71BF4N7O4. The number of hydrogen-bond acceptors (Lipinski definition) is 9. The van der Waals surface area contributed by atoms with Gasteiger partial charge in [-0.05, 0) is 143 Å². The van der Waals surface area contributed by atoms with Crippen LogP contribution in [0.4, 0.5) is 17.6 Å². The van der Waals surface area contributed by atoms with Crippen LogP contribution in [-0.4, -0.2) is 76.1 Å². The van der Waals surface area contributed by atoms with Crippen LogP contribution in [0.15, 0.2) is 41.2 Å². The maximum Gasteiger partial charge on any atom is 0.270 e. The molecule has 3 saturated carbocycles. The Hall–Kier alpha value is -5.35. The average Bonchev–Trinajstić information content (AvgIpc) is 4.26. The fraction of sp³-hybridized carbons (Fsp3) is 0.554. The molecule has 4 aliphatic rings.